The Morgan fingerprint density at radius 3 is 2.52 bits per heavy atom. The fraction of sp³-hybridized carbons (Fsp3) is 0.269. The quantitative estimate of drug-likeness (QED) is 0.453. The van der Waals surface area contributed by atoms with Gasteiger partial charge in [0.1, 0.15) is 5.58 Å². The molecule has 4 aromatic rings. The molecule has 0 unspecified atom stereocenters. The van der Waals surface area contributed by atoms with Crippen molar-refractivity contribution in [2.45, 2.75) is 6.04 Å². The highest BCUT2D eigenvalue weighted by Gasteiger charge is 2.42. The first kappa shape index (κ1) is 20.1. The Bertz CT molecular complexity index is 1410. The van der Waals surface area contributed by atoms with Crippen molar-refractivity contribution >= 4 is 27.6 Å². The van der Waals surface area contributed by atoms with Crippen LogP contribution in [0.15, 0.2) is 70.1 Å². The Morgan fingerprint density at radius 1 is 0.909 bits per heavy atom. The van der Waals surface area contributed by atoms with Crippen molar-refractivity contribution in [2.24, 2.45) is 0 Å². The van der Waals surface area contributed by atoms with Gasteiger partial charge in [-0.15, -0.1) is 0 Å². The normalized spacial score (nSPS) is 18.8. The van der Waals surface area contributed by atoms with Gasteiger partial charge in [0.15, 0.2) is 5.43 Å². The summed E-state index contributed by atoms with van der Waals surface area (Å²) in [4.78, 5) is 35.5. The zero-order valence-corrected chi connectivity index (χ0v) is 18.1. The van der Waals surface area contributed by atoms with E-state index in [0.29, 0.717) is 42.8 Å². The number of carbonyl (C=O) groups excluding carboxylic acids is 1. The number of aromatic nitrogens is 1. The van der Waals surface area contributed by atoms with Crippen molar-refractivity contribution in [1.82, 2.24) is 14.8 Å². The minimum absolute atomic E-state index is 0.146. The fourth-order valence-electron chi connectivity index (χ4n) is 4.94. The first-order chi connectivity index (χ1) is 16.2. The highest BCUT2D eigenvalue weighted by atomic mass is 16.5. The van der Waals surface area contributed by atoms with E-state index in [4.69, 9.17) is 9.15 Å². The van der Waals surface area contributed by atoms with E-state index in [0.717, 1.165) is 29.4 Å². The summed E-state index contributed by atoms with van der Waals surface area (Å²) in [6, 6.07) is 14.7. The summed E-state index contributed by atoms with van der Waals surface area (Å²) in [5.74, 6) is -0.0975. The lowest BCUT2D eigenvalue weighted by Crippen LogP contribution is -2.42. The largest absolute Gasteiger partial charge is 0.450 e. The van der Waals surface area contributed by atoms with Crippen LogP contribution in [0.2, 0.25) is 0 Å². The standard InChI is InChI=1S/C26H23N3O4/c30-23-20-6-5-17-3-1-2-4-19(17)24(20)33-25-21(23)22(18-7-9-27-10-8-18)29(26(25)31)12-11-28-13-15-32-16-14-28/h1-10,22H,11-16H2/t22-/m0/s1. The molecule has 1 fully saturated rings. The molecular formula is C26H23N3O4. The predicted octanol–water partition coefficient (Wildman–Crippen LogP) is 3.22. The second-order valence-electron chi connectivity index (χ2n) is 8.47. The van der Waals surface area contributed by atoms with Crippen LogP contribution in [0.25, 0.3) is 21.7 Å². The molecule has 7 nitrogen and oxygen atoms in total. The van der Waals surface area contributed by atoms with E-state index < -0.39 is 6.04 Å². The maximum Gasteiger partial charge on any atom is 0.290 e. The number of rotatable bonds is 4. The van der Waals surface area contributed by atoms with Gasteiger partial charge in [0.25, 0.3) is 5.91 Å². The summed E-state index contributed by atoms with van der Waals surface area (Å²) in [7, 11) is 0. The van der Waals surface area contributed by atoms with E-state index in [1.54, 1.807) is 23.4 Å². The number of ether oxygens (including phenoxy) is 1. The lowest BCUT2D eigenvalue weighted by atomic mass is 9.98. The Balaban J connectivity index is 1.50. The topological polar surface area (TPSA) is 75.9 Å². The van der Waals surface area contributed by atoms with Crippen LogP contribution in [0.4, 0.5) is 0 Å². The van der Waals surface area contributed by atoms with Gasteiger partial charge in [-0.2, -0.15) is 0 Å². The second-order valence-corrected chi connectivity index (χ2v) is 8.47. The third-order valence-corrected chi connectivity index (χ3v) is 6.64. The molecule has 0 radical (unpaired) electrons. The lowest BCUT2D eigenvalue weighted by molar-refractivity contribution is 0.0314. The van der Waals surface area contributed by atoms with Gasteiger partial charge in [0.05, 0.1) is 30.2 Å². The summed E-state index contributed by atoms with van der Waals surface area (Å²) in [5.41, 5.74) is 1.58. The number of carbonyl (C=O) groups is 1. The lowest BCUT2D eigenvalue weighted by Gasteiger charge is -2.31. The van der Waals surface area contributed by atoms with Crippen LogP contribution in [0.3, 0.4) is 0 Å². The molecule has 7 heteroatoms. The fourth-order valence-corrected chi connectivity index (χ4v) is 4.94. The molecule has 0 spiro atoms. The first-order valence-corrected chi connectivity index (χ1v) is 11.2. The molecule has 2 aliphatic heterocycles. The molecule has 0 bridgehead atoms. The summed E-state index contributed by atoms with van der Waals surface area (Å²) in [6.45, 7) is 4.26. The molecule has 33 heavy (non-hydrogen) atoms. The molecular weight excluding hydrogens is 418 g/mol. The summed E-state index contributed by atoms with van der Waals surface area (Å²) < 4.78 is 11.7. The third kappa shape index (κ3) is 3.32. The zero-order valence-electron chi connectivity index (χ0n) is 18.1. The molecule has 4 heterocycles. The third-order valence-electron chi connectivity index (χ3n) is 6.64. The molecule has 0 aliphatic carbocycles. The average molecular weight is 441 g/mol. The first-order valence-electron chi connectivity index (χ1n) is 11.2. The van der Waals surface area contributed by atoms with E-state index in [1.807, 2.05) is 42.5 Å². The van der Waals surface area contributed by atoms with Gasteiger partial charge in [-0.3, -0.25) is 19.5 Å². The highest BCUT2D eigenvalue weighted by Crippen LogP contribution is 2.38. The summed E-state index contributed by atoms with van der Waals surface area (Å²) in [6.07, 6.45) is 3.38. The highest BCUT2D eigenvalue weighted by molar-refractivity contribution is 6.06. The van der Waals surface area contributed by atoms with Crippen molar-refractivity contribution in [3.05, 3.63) is 88.0 Å². The molecule has 0 N–H and O–H groups in total. The molecule has 6 rings (SSSR count). The maximum atomic E-state index is 13.8. The molecule has 2 aliphatic rings. The number of morpholine rings is 1. The van der Waals surface area contributed by atoms with Crippen LogP contribution in [0.5, 0.6) is 0 Å². The van der Waals surface area contributed by atoms with Crippen molar-refractivity contribution in [2.75, 3.05) is 39.4 Å². The second kappa shape index (κ2) is 8.10. The number of nitrogens with zero attached hydrogens (tertiary/aromatic N) is 3. The summed E-state index contributed by atoms with van der Waals surface area (Å²) in [5, 5.41) is 2.29. The van der Waals surface area contributed by atoms with Crippen LogP contribution in [0.1, 0.15) is 27.7 Å². The minimum Gasteiger partial charge on any atom is -0.450 e. The number of hydrogen-bond donors (Lipinski definition) is 0. The van der Waals surface area contributed by atoms with Crippen molar-refractivity contribution in [1.29, 1.82) is 0 Å². The van der Waals surface area contributed by atoms with Crippen LogP contribution >= 0.6 is 0 Å². The molecule has 1 saturated heterocycles. The van der Waals surface area contributed by atoms with Crippen LogP contribution in [-0.2, 0) is 4.74 Å². The maximum absolute atomic E-state index is 13.8. The number of fused-ring (bicyclic) bond motifs is 4. The van der Waals surface area contributed by atoms with Crippen molar-refractivity contribution in [3.63, 3.8) is 0 Å². The molecule has 1 atom stereocenters. The number of amides is 1. The van der Waals surface area contributed by atoms with E-state index in [-0.39, 0.29) is 17.1 Å². The predicted molar refractivity (Wildman–Crippen MR) is 124 cm³/mol. The number of benzene rings is 2. The van der Waals surface area contributed by atoms with Crippen LogP contribution in [0, 0.1) is 0 Å². The van der Waals surface area contributed by atoms with Gasteiger partial charge in [0, 0.05) is 44.0 Å². The van der Waals surface area contributed by atoms with Gasteiger partial charge in [-0.1, -0.05) is 30.3 Å². The van der Waals surface area contributed by atoms with E-state index in [1.165, 1.54) is 0 Å². The minimum atomic E-state index is -0.497. The Labute approximate surface area is 190 Å². The van der Waals surface area contributed by atoms with Gasteiger partial charge < -0.3 is 14.1 Å². The molecule has 2 aromatic carbocycles. The molecule has 2 aromatic heterocycles. The average Bonchev–Trinajstić information content (AvgIpc) is 3.15. The Kier molecular flexibility index (Phi) is 4.93. The van der Waals surface area contributed by atoms with Gasteiger partial charge in [-0.05, 0) is 29.1 Å². The Hall–Kier alpha value is -3.55. The Morgan fingerprint density at radius 2 is 1.70 bits per heavy atom. The zero-order chi connectivity index (χ0) is 22.4. The number of pyridine rings is 1. The van der Waals surface area contributed by atoms with Crippen LogP contribution < -0.4 is 5.43 Å². The molecule has 0 saturated carbocycles. The van der Waals surface area contributed by atoms with Crippen LogP contribution in [-0.4, -0.2) is 60.1 Å². The smallest absolute Gasteiger partial charge is 0.290 e. The van der Waals surface area contributed by atoms with E-state index in [9.17, 15) is 9.59 Å². The van der Waals surface area contributed by atoms with Gasteiger partial charge in [0.2, 0.25) is 5.76 Å². The molecule has 166 valence electrons. The number of hydrogen-bond acceptors (Lipinski definition) is 6. The van der Waals surface area contributed by atoms with Gasteiger partial charge >= 0.3 is 0 Å². The van der Waals surface area contributed by atoms with Gasteiger partial charge in [-0.25, -0.2) is 0 Å². The van der Waals surface area contributed by atoms with E-state index in [2.05, 4.69) is 9.88 Å². The van der Waals surface area contributed by atoms with Crippen molar-refractivity contribution in [3.8, 4) is 0 Å². The SMILES string of the molecule is O=C1c2oc3c(ccc4ccccc43)c(=O)c2[C@H](c2ccncc2)N1CCN1CCOCC1. The van der Waals surface area contributed by atoms with E-state index >= 15 is 0 Å². The monoisotopic (exact) mass is 441 g/mol. The molecule has 1 amide bonds. The van der Waals surface area contributed by atoms with Crippen molar-refractivity contribution < 1.29 is 13.9 Å². The summed E-state index contributed by atoms with van der Waals surface area (Å²) >= 11 is 0.